The molecule has 0 atom stereocenters. The number of benzene rings is 2. The molecule has 3 nitrogen and oxygen atoms in total. The number of aromatic nitrogens is 2. The van der Waals surface area contributed by atoms with Crippen molar-refractivity contribution in [3.63, 3.8) is 0 Å². The number of halogens is 3. The first-order valence-electron chi connectivity index (χ1n) is 6.38. The first-order valence-corrected chi connectivity index (χ1v) is 8.76. The third-order valence-corrected chi connectivity index (χ3v) is 6.57. The van der Waals surface area contributed by atoms with E-state index < -0.39 is 0 Å². The molecule has 2 aromatic carbocycles. The van der Waals surface area contributed by atoms with Crippen molar-refractivity contribution < 1.29 is 0 Å². The number of rotatable bonds is 3. The molecule has 0 unspecified atom stereocenters. The summed E-state index contributed by atoms with van der Waals surface area (Å²) in [6, 6.07) is 10.2. The molecule has 0 aliphatic heterocycles. The second-order valence-corrected chi connectivity index (χ2v) is 7.09. The predicted octanol–water partition coefficient (Wildman–Crippen LogP) is 5.77. The van der Waals surface area contributed by atoms with Crippen LogP contribution in [0.15, 0.2) is 43.7 Å². The Labute approximate surface area is 147 Å². The molecule has 3 aromatic rings. The normalized spacial score (nSPS) is 11.0. The molecule has 0 saturated heterocycles. The third kappa shape index (κ3) is 2.89. The lowest BCUT2D eigenvalue weighted by Gasteiger charge is -2.05. The number of nitrogens with zero attached hydrogens (tertiary/aromatic N) is 1. The van der Waals surface area contributed by atoms with Crippen molar-refractivity contribution in [3.8, 4) is 0 Å². The quantitative estimate of drug-likeness (QED) is 0.474. The van der Waals surface area contributed by atoms with Gasteiger partial charge in [0.2, 0.25) is 5.95 Å². The van der Waals surface area contributed by atoms with Gasteiger partial charge in [-0.15, -0.1) is 0 Å². The molecule has 0 bridgehead atoms. The van der Waals surface area contributed by atoms with Gasteiger partial charge in [-0.1, -0.05) is 30.3 Å². The van der Waals surface area contributed by atoms with Gasteiger partial charge in [0.15, 0.2) is 0 Å². The lowest BCUT2D eigenvalue weighted by molar-refractivity contribution is 1.10. The van der Waals surface area contributed by atoms with Crippen LogP contribution in [0.2, 0.25) is 0 Å². The lowest BCUT2D eigenvalue weighted by Crippen LogP contribution is -2.00. The summed E-state index contributed by atoms with van der Waals surface area (Å²) in [4.78, 5) is 7.94. The van der Waals surface area contributed by atoms with E-state index in [4.69, 9.17) is 0 Å². The maximum Gasteiger partial charge on any atom is 0.201 e. The number of anilines is 1. The summed E-state index contributed by atoms with van der Waals surface area (Å²) in [5, 5.41) is 3.32. The zero-order valence-electron chi connectivity index (χ0n) is 11.2. The van der Waals surface area contributed by atoms with Crippen LogP contribution in [0.5, 0.6) is 0 Å². The Morgan fingerprint density at radius 1 is 1.05 bits per heavy atom. The monoisotopic (exact) mass is 471 g/mol. The summed E-state index contributed by atoms with van der Waals surface area (Å²) in [6.07, 6.45) is 0. The van der Waals surface area contributed by atoms with Crippen LogP contribution in [0.4, 0.5) is 5.95 Å². The molecule has 21 heavy (non-hydrogen) atoms. The van der Waals surface area contributed by atoms with Gasteiger partial charge in [-0.2, -0.15) is 0 Å². The summed E-state index contributed by atoms with van der Waals surface area (Å²) in [5.74, 6) is 0.757. The van der Waals surface area contributed by atoms with Crippen molar-refractivity contribution >= 4 is 64.8 Å². The van der Waals surface area contributed by atoms with E-state index in [-0.39, 0.29) is 0 Å². The Morgan fingerprint density at radius 2 is 1.76 bits per heavy atom. The van der Waals surface area contributed by atoms with E-state index in [0.29, 0.717) is 0 Å². The van der Waals surface area contributed by atoms with Crippen molar-refractivity contribution in [2.75, 3.05) is 5.32 Å². The summed E-state index contributed by atoms with van der Waals surface area (Å²) < 4.78 is 3.00. The minimum atomic E-state index is 0.732. The van der Waals surface area contributed by atoms with E-state index in [2.05, 4.69) is 82.1 Å². The van der Waals surface area contributed by atoms with Crippen LogP contribution in [0.1, 0.15) is 11.1 Å². The molecule has 0 fully saturated rings. The average Bonchev–Trinajstić information content (AvgIpc) is 2.94. The zero-order valence-corrected chi connectivity index (χ0v) is 15.9. The number of imidazole rings is 1. The molecule has 3 rings (SSSR count). The molecule has 0 amide bonds. The van der Waals surface area contributed by atoms with Crippen LogP contribution in [-0.2, 0) is 6.54 Å². The maximum absolute atomic E-state index is 4.62. The van der Waals surface area contributed by atoms with Gasteiger partial charge in [-0.05, 0) is 65.8 Å². The highest BCUT2D eigenvalue weighted by Crippen LogP contribution is 2.39. The van der Waals surface area contributed by atoms with Gasteiger partial charge in [0.1, 0.15) is 5.52 Å². The van der Waals surface area contributed by atoms with Crippen molar-refractivity contribution in [1.82, 2.24) is 9.97 Å². The maximum atomic E-state index is 4.62. The molecule has 1 aromatic heterocycles. The van der Waals surface area contributed by atoms with E-state index >= 15 is 0 Å². The number of hydrogen-bond donors (Lipinski definition) is 2. The Morgan fingerprint density at radius 3 is 2.48 bits per heavy atom. The minimum Gasteiger partial charge on any atom is -0.352 e. The summed E-state index contributed by atoms with van der Waals surface area (Å²) in [7, 11) is 0. The number of hydrogen-bond acceptors (Lipinski definition) is 2. The van der Waals surface area contributed by atoms with Crippen LogP contribution in [0.25, 0.3) is 11.0 Å². The average molecular weight is 474 g/mol. The first-order chi connectivity index (χ1) is 10.1. The van der Waals surface area contributed by atoms with Gasteiger partial charge in [0.05, 0.1) is 9.99 Å². The third-order valence-electron chi connectivity index (χ3n) is 3.29. The first kappa shape index (κ1) is 15.1. The zero-order chi connectivity index (χ0) is 15.0. The van der Waals surface area contributed by atoms with Crippen molar-refractivity contribution in [3.05, 3.63) is 54.9 Å². The number of aromatic amines is 1. The largest absolute Gasteiger partial charge is 0.352 e. The van der Waals surface area contributed by atoms with Gasteiger partial charge in [0.25, 0.3) is 0 Å². The topological polar surface area (TPSA) is 40.7 Å². The highest BCUT2D eigenvalue weighted by molar-refractivity contribution is 9.13. The van der Waals surface area contributed by atoms with E-state index in [1.165, 1.54) is 5.56 Å². The van der Waals surface area contributed by atoms with Crippen LogP contribution >= 0.6 is 47.8 Å². The summed E-state index contributed by atoms with van der Waals surface area (Å²) in [5.41, 5.74) is 4.23. The van der Waals surface area contributed by atoms with E-state index in [9.17, 15) is 0 Å². The number of fused-ring (bicyclic) bond motifs is 1. The molecule has 108 valence electrons. The fourth-order valence-corrected chi connectivity index (χ4v) is 3.83. The molecule has 0 spiro atoms. The molecular formula is C15H12Br3N3. The Bertz CT molecular complexity index is 752. The van der Waals surface area contributed by atoms with Gasteiger partial charge < -0.3 is 10.3 Å². The molecule has 0 aliphatic rings. The fraction of sp³-hybridized carbons (Fsp3) is 0.133. The van der Waals surface area contributed by atoms with E-state index in [0.717, 1.165) is 42.5 Å². The summed E-state index contributed by atoms with van der Waals surface area (Å²) >= 11 is 10.8. The second kappa shape index (κ2) is 6.10. The smallest absolute Gasteiger partial charge is 0.201 e. The van der Waals surface area contributed by atoms with Gasteiger partial charge >= 0.3 is 0 Å². The molecule has 2 N–H and O–H groups in total. The van der Waals surface area contributed by atoms with Gasteiger partial charge in [-0.3, -0.25) is 0 Å². The van der Waals surface area contributed by atoms with Crippen LogP contribution < -0.4 is 5.32 Å². The van der Waals surface area contributed by atoms with E-state index in [1.807, 2.05) is 18.2 Å². The summed E-state index contributed by atoms with van der Waals surface area (Å²) in [6.45, 7) is 2.78. The lowest BCUT2D eigenvalue weighted by atomic mass is 10.2. The van der Waals surface area contributed by atoms with Crippen LogP contribution in [0.3, 0.4) is 0 Å². The van der Waals surface area contributed by atoms with E-state index in [1.54, 1.807) is 0 Å². The molecule has 0 saturated carbocycles. The van der Waals surface area contributed by atoms with Gasteiger partial charge in [-0.25, -0.2) is 4.98 Å². The molecule has 0 radical (unpaired) electrons. The standard InChI is InChI=1S/C15H12Br3N3/c1-8-10(16)12(18)14-13(11(8)17)20-15(21-14)19-7-9-5-3-2-4-6-9/h2-6H,7H2,1H3,(H2,19,20,21). The molecule has 1 heterocycles. The van der Waals surface area contributed by atoms with Gasteiger partial charge in [0, 0.05) is 15.5 Å². The second-order valence-electron chi connectivity index (χ2n) is 4.72. The highest BCUT2D eigenvalue weighted by atomic mass is 79.9. The van der Waals surface area contributed by atoms with Crippen molar-refractivity contribution in [1.29, 1.82) is 0 Å². The van der Waals surface area contributed by atoms with Crippen molar-refractivity contribution in [2.45, 2.75) is 13.5 Å². The number of H-pyrrole nitrogens is 1. The SMILES string of the molecule is Cc1c(Br)c(Br)c2nc(NCc3ccccc3)[nH]c2c1Br. The Kier molecular flexibility index (Phi) is 4.38. The molecular weight excluding hydrogens is 462 g/mol. The molecule has 0 aliphatic carbocycles. The van der Waals surface area contributed by atoms with Crippen LogP contribution in [-0.4, -0.2) is 9.97 Å². The number of nitrogens with one attached hydrogen (secondary N) is 2. The predicted molar refractivity (Wildman–Crippen MR) is 97.7 cm³/mol. The minimum absolute atomic E-state index is 0.732. The Balaban J connectivity index is 1.95. The van der Waals surface area contributed by atoms with Crippen molar-refractivity contribution in [2.24, 2.45) is 0 Å². The Hall–Kier alpha value is -0.850. The van der Waals surface area contributed by atoms with Crippen LogP contribution in [0, 0.1) is 6.92 Å². The highest BCUT2D eigenvalue weighted by Gasteiger charge is 2.16. The fourth-order valence-electron chi connectivity index (χ4n) is 2.11. The molecule has 6 heteroatoms.